The van der Waals surface area contributed by atoms with Gasteiger partial charge in [0.2, 0.25) is 12.7 Å². The van der Waals surface area contributed by atoms with Gasteiger partial charge in [0.25, 0.3) is 0 Å². The van der Waals surface area contributed by atoms with E-state index in [1.807, 2.05) is 59.4 Å². The fourth-order valence-electron chi connectivity index (χ4n) is 5.38. The molecule has 1 N–H and O–H groups in total. The Labute approximate surface area is 204 Å². The predicted molar refractivity (Wildman–Crippen MR) is 127 cm³/mol. The Morgan fingerprint density at radius 2 is 2.03 bits per heavy atom. The van der Waals surface area contributed by atoms with E-state index in [4.69, 9.17) is 14.2 Å². The number of rotatable bonds is 8. The molecule has 2 aromatic carbocycles. The van der Waals surface area contributed by atoms with Crippen molar-refractivity contribution in [3.05, 3.63) is 66.0 Å². The summed E-state index contributed by atoms with van der Waals surface area (Å²) in [6, 6.07) is 15.9. The zero-order chi connectivity index (χ0) is 23.6. The third-order valence-corrected chi connectivity index (χ3v) is 7.23. The van der Waals surface area contributed by atoms with Crippen LogP contribution in [0.1, 0.15) is 24.1 Å². The molecule has 4 aliphatic rings. The van der Waals surface area contributed by atoms with Gasteiger partial charge in [-0.05, 0) is 55.1 Å². The quantitative estimate of drug-likeness (QED) is 0.536. The van der Waals surface area contributed by atoms with Crippen molar-refractivity contribution >= 4 is 5.91 Å². The standard InChI is InChI=1S/C26H29N5O4/c32-26(27-12-18-6-7-24-25(10-18)35-17-34-24)23-15-30-9-8-19(23)11-21(30)14-31-13-20(28-29-31)16-33-22-4-2-1-3-5-22/h1-7,10,13,19,21,23H,8-9,11-12,14-17H2,(H,27,32)/t19-,21+,23-/m0/s1. The van der Waals surface area contributed by atoms with Crippen LogP contribution in [0.15, 0.2) is 54.7 Å². The van der Waals surface area contributed by atoms with Crippen molar-refractivity contribution in [3.63, 3.8) is 0 Å². The minimum absolute atomic E-state index is 0.0274. The third-order valence-electron chi connectivity index (χ3n) is 7.23. The summed E-state index contributed by atoms with van der Waals surface area (Å²) < 4.78 is 18.5. The van der Waals surface area contributed by atoms with Crippen LogP contribution in [0.3, 0.4) is 0 Å². The van der Waals surface area contributed by atoms with E-state index in [0.717, 1.165) is 61.0 Å². The molecular formula is C26H29N5O4. The normalized spacial score (nSPS) is 24.3. The number of hydrogen-bond donors (Lipinski definition) is 1. The molecule has 0 saturated carbocycles. The summed E-state index contributed by atoms with van der Waals surface area (Å²) in [5.74, 6) is 2.88. The lowest BCUT2D eigenvalue weighted by Crippen LogP contribution is -2.58. The highest BCUT2D eigenvalue weighted by Gasteiger charge is 2.43. The largest absolute Gasteiger partial charge is 0.487 e. The SMILES string of the molecule is O=C(NCc1ccc2c(c1)OCO2)[C@H]1CN2CC[C@H]1C[C@@H]2Cn1cc(COc2ccccc2)nn1. The molecule has 1 amide bonds. The van der Waals surface area contributed by atoms with Crippen LogP contribution in [0.2, 0.25) is 0 Å². The topological polar surface area (TPSA) is 90.7 Å². The van der Waals surface area contributed by atoms with Gasteiger partial charge in [-0.1, -0.05) is 29.5 Å². The molecule has 1 aromatic heterocycles. The second-order valence-corrected chi connectivity index (χ2v) is 9.48. The first-order chi connectivity index (χ1) is 17.2. The zero-order valence-corrected chi connectivity index (χ0v) is 19.5. The fourth-order valence-corrected chi connectivity index (χ4v) is 5.38. The highest BCUT2D eigenvalue weighted by molar-refractivity contribution is 5.79. The van der Waals surface area contributed by atoms with Crippen LogP contribution in [0, 0.1) is 11.8 Å². The van der Waals surface area contributed by atoms with E-state index in [1.165, 1.54) is 0 Å². The number of benzene rings is 2. The van der Waals surface area contributed by atoms with E-state index in [2.05, 4.69) is 20.5 Å². The van der Waals surface area contributed by atoms with Gasteiger partial charge < -0.3 is 19.5 Å². The molecule has 4 aliphatic heterocycles. The number of hydrogen-bond acceptors (Lipinski definition) is 7. The van der Waals surface area contributed by atoms with Gasteiger partial charge in [0, 0.05) is 19.1 Å². The number of para-hydroxylation sites is 1. The van der Waals surface area contributed by atoms with Gasteiger partial charge in [0.15, 0.2) is 11.5 Å². The van der Waals surface area contributed by atoms with Crippen molar-refractivity contribution in [2.24, 2.45) is 11.8 Å². The second-order valence-electron chi connectivity index (χ2n) is 9.48. The van der Waals surface area contributed by atoms with Crippen LogP contribution in [0.4, 0.5) is 0 Å². The molecule has 2 bridgehead atoms. The van der Waals surface area contributed by atoms with E-state index >= 15 is 0 Å². The maximum Gasteiger partial charge on any atom is 0.231 e. The van der Waals surface area contributed by atoms with Crippen molar-refractivity contribution in [3.8, 4) is 17.2 Å². The molecule has 4 atom stereocenters. The molecule has 7 rings (SSSR count). The van der Waals surface area contributed by atoms with Crippen molar-refractivity contribution in [1.29, 1.82) is 0 Å². The number of carbonyl (C=O) groups excluding carboxylic acids is 1. The maximum atomic E-state index is 13.0. The smallest absolute Gasteiger partial charge is 0.231 e. The summed E-state index contributed by atoms with van der Waals surface area (Å²) in [7, 11) is 0. The predicted octanol–water partition coefficient (Wildman–Crippen LogP) is 2.61. The first-order valence-corrected chi connectivity index (χ1v) is 12.2. The lowest BCUT2D eigenvalue weighted by Gasteiger charge is -2.49. The molecule has 3 saturated heterocycles. The Balaban J connectivity index is 1.00. The number of amides is 1. The van der Waals surface area contributed by atoms with Gasteiger partial charge in [0.1, 0.15) is 18.1 Å². The zero-order valence-electron chi connectivity index (χ0n) is 19.5. The molecule has 9 nitrogen and oxygen atoms in total. The molecule has 182 valence electrons. The molecule has 0 radical (unpaired) electrons. The van der Waals surface area contributed by atoms with E-state index in [-0.39, 0.29) is 18.6 Å². The minimum Gasteiger partial charge on any atom is -0.487 e. The highest BCUT2D eigenvalue weighted by Crippen LogP contribution is 2.37. The van der Waals surface area contributed by atoms with Crippen molar-refractivity contribution < 1.29 is 19.0 Å². The Kier molecular flexibility index (Phi) is 5.99. The van der Waals surface area contributed by atoms with Crippen LogP contribution < -0.4 is 19.5 Å². The maximum absolute atomic E-state index is 13.0. The Bertz CT molecular complexity index is 1180. The molecule has 1 unspecified atom stereocenters. The van der Waals surface area contributed by atoms with Crippen LogP contribution in [-0.2, 0) is 24.5 Å². The highest BCUT2D eigenvalue weighted by atomic mass is 16.7. The van der Waals surface area contributed by atoms with Gasteiger partial charge in [0.05, 0.1) is 18.7 Å². The third kappa shape index (κ3) is 4.81. The summed E-state index contributed by atoms with van der Waals surface area (Å²) in [5, 5.41) is 11.7. The number of nitrogens with zero attached hydrogens (tertiary/aromatic N) is 4. The molecule has 3 fully saturated rings. The molecule has 0 spiro atoms. The number of piperidine rings is 3. The van der Waals surface area contributed by atoms with Gasteiger partial charge in [-0.2, -0.15) is 0 Å². The van der Waals surface area contributed by atoms with E-state index < -0.39 is 0 Å². The Hall–Kier alpha value is -3.59. The lowest BCUT2D eigenvalue weighted by molar-refractivity contribution is -0.133. The summed E-state index contributed by atoms with van der Waals surface area (Å²) in [5.41, 5.74) is 1.82. The van der Waals surface area contributed by atoms with Crippen LogP contribution in [-0.4, -0.2) is 51.7 Å². The van der Waals surface area contributed by atoms with E-state index in [0.29, 0.717) is 25.1 Å². The number of carbonyl (C=O) groups is 1. The summed E-state index contributed by atoms with van der Waals surface area (Å²) in [6.45, 7) is 3.74. The first kappa shape index (κ1) is 21.9. The number of nitrogens with one attached hydrogen (secondary N) is 1. The van der Waals surface area contributed by atoms with Crippen molar-refractivity contribution in [2.75, 3.05) is 19.9 Å². The number of aromatic nitrogens is 3. The molecule has 3 aromatic rings. The van der Waals surface area contributed by atoms with E-state index in [9.17, 15) is 4.79 Å². The molecule has 5 heterocycles. The minimum atomic E-state index is 0.0274. The molecule has 0 aliphatic carbocycles. The summed E-state index contributed by atoms with van der Waals surface area (Å²) >= 11 is 0. The van der Waals surface area contributed by atoms with Crippen LogP contribution >= 0.6 is 0 Å². The molecule has 9 heteroatoms. The summed E-state index contributed by atoms with van der Waals surface area (Å²) in [6.07, 6.45) is 4.02. The van der Waals surface area contributed by atoms with Crippen LogP contribution in [0.25, 0.3) is 0 Å². The second kappa shape index (κ2) is 9.58. The average molecular weight is 476 g/mol. The average Bonchev–Trinajstić information content (AvgIpc) is 3.56. The fraction of sp³-hybridized carbons (Fsp3) is 0.423. The van der Waals surface area contributed by atoms with Gasteiger partial charge >= 0.3 is 0 Å². The number of fused-ring (bicyclic) bond motifs is 4. The molecule has 35 heavy (non-hydrogen) atoms. The van der Waals surface area contributed by atoms with Gasteiger partial charge in [-0.25, -0.2) is 0 Å². The van der Waals surface area contributed by atoms with Crippen LogP contribution in [0.5, 0.6) is 17.2 Å². The van der Waals surface area contributed by atoms with Crippen molar-refractivity contribution in [1.82, 2.24) is 25.2 Å². The van der Waals surface area contributed by atoms with Crippen molar-refractivity contribution in [2.45, 2.75) is 38.6 Å². The Morgan fingerprint density at radius 1 is 1.14 bits per heavy atom. The van der Waals surface area contributed by atoms with Gasteiger partial charge in [-0.3, -0.25) is 14.4 Å². The summed E-state index contributed by atoms with van der Waals surface area (Å²) in [4.78, 5) is 15.5. The lowest BCUT2D eigenvalue weighted by atomic mass is 9.75. The number of ether oxygens (including phenoxy) is 3. The van der Waals surface area contributed by atoms with Gasteiger partial charge in [-0.15, -0.1) is 5.10 Å². The monoisotopic (exact) mass is 475 g/mol. The Morgan fingerprint density at radius 3 is 2.89 bits per heavy atom. The van der Waals surface area contributed by atoms with E-state index in [1.54, 1.807) is 0 Å². The first-order valence-electron chi connectivity index (χ1n) is 12.2. The molecular weight excluding hydrogens is 446 g/mol.